The first-order valence-electron chi connectivity index (χ1n) is 5.02. The van der Waals surface area contributed by atoms with Crippen molar-refractivity contribution in [3.05, 3.63) is 16.5 Å². The Hall–Kier alpha value is -0.870. The van der Waals surface area contributed by atoms with Crippen LogP contribution in [-0.4, -0.2) is 36.3 Å². The fraction of sp³-hybridized carbons (Fsp3) is 0.600. The van der Waals surface area contributed by atoms with Crippen molar-refractivity contribution in [2.24, 2.45) is 0 Å². The smallest absolute Gasteiger partial charge is 0.171 e. The van der Waals surface area contributed by atoms with E-state index in [-0.39, 0.29) is 0 Å². The minimum Gasteiger partial charge on any atom is -0.378 e. The minimum atomic E-state index is 0.486. The van der Waals surface area contributed by atoms with Crippen LogP contribution < -0.4 is 4.90 Å². The summed E-state index contributed by atoms with van der Waals surface area (Å²) < 4.78 is 5.28. The lowest BCUT2D eigenvalue weighted by molar-refractivity contribution is 0.122. The van der Waals surface area contributed by atoms with E-state index in [1.807, 2.05) is 13.8 Å². The molecule has 15 heavy (non-hydrogen) atoms. The average molecular weight is 228 g/mol. The molecule has 82 valence electrons. The van der Waals surface area contributed by atoms with Crippen LogP contribution in [0.25, 0.3) is 0 Å². The Bertz CT molecular complexity index is 364. The van der Waals surface area contributed by atoms with Gasteiger partial charge in [0.2, 0.25) is 0 Å². The Morgan fingerprint density at radius 3 is 2.40 bits per heavy atom. The highest BCUT2D eigenvalue weighted by Crippen LogP contribution is 2.23. The van der Waals surface area contributed by atoms with Crippen molar-refractivity contribution >= 4 is 17.4 Å². The molecule has 0 aromatic carbocycles. The summed E-state index contributed by atoms with van der Waals surface area (Å²) >= 11 is 6.08. The topological polar surface area (TPSA) is 38.2 Å². The summed E-state index contributed by atoms with van der Waals surface area (Å²) in [6.07, 6.45) is 0. The number of rotatable bonds is 1. The Morgan fingerprint density at radius 2 is 1.73 bits per heavy atom. The van der Waals surface area contributed by atoms with Crippen LogP contribution in [0.15, 0.2) is 0 Å². The number of aromatic nitrogens is 2. The first kappa shape index (κ1) is 10.6. The molecule has 0 aliphatic carbocycles. The Kier molecular flexibility index (Phi) is 3.07. The lowest BCUT2D eigenvalue weighted by Crippen LogP contribution is -2.37. The number of morpholine rings is 1. The Morgan fingerprint density at radius 1 is 1.13 bits per heavy atom. The van der Waals surface area contributed by atoms with Crippen LogP contribution in [0.5, 0.6) is 0 Å². The largest absolute Gasteiger partial charge is 0.378 e. The molecule has 1 saturated heterocycles. The molecular formula is C10H14ClN3O. The molecule has 0 atom stereocenters. The fourth-order valence-corrected chi connectivity index (χ4v) is 1.83. The van der Waals surface area contributed by atoms with Crippen molar-refractivity contribution < 1.29 is 4.74 Å². The summed E-state index contributed by atoms with van der Waals surface area (Å²) in [7, 11) is 0. The standard InChI is InChI=1S/C10H14ClN3O/c1-7-8(2)13-10(9(11)12-7)14-3-5-15-6-4-14/h3-6H2,1-2H3. The summed E-state index contributed by atoms with van der Waals surface area (Å²) in [6, 6.07) is 0. The number of anilines is 1. The lowest BCUT2D eigenvalue weighted by atomic mass is 10.3. The summed E-state index contributed by atoms with van der Waals surface area (Å²) in [5.41, 5.74) is 1.82. The number of nitrogens with zero attached hydrogens (tertiary/aromatic N) is 3. The second-order valence-electron chi connectivity index (χ2n) is 3.61. The molecule has 1 fully saturated rings. The normalized spacial score (nSPS) is 16.9. The predicted octanol–water partition coefficient (Wildman–Crippen LogP) is 1.58. The third-order valence-electron chi connectivity index (χ3n) is 2.56. The van der Waals surface area contributed by atoms with Gasteiger partial charge in [-0.1, -0.05) is 11.6 Å². The zero-order valence-electron chi connectivity index (χ0n) is 8.96. The molecule has 0 radical (unpaired) electrons. The minimum absolute atomic E-state index is 0.486. The maximum Gasteiger partial charge on any atom is 0.171 e. The Balaban J connectivity index is 2.30. The van der Waals surface area contributed by atoms with Gasteiger partial charge in [0.15, 0.2) is 11.0 Å². The van der Waals surface area contributed by atoms with E-state index in [1.54, 1.807) is 0 Å². The van der Waals surface area contributed by atoms with Gasteiger partial charge < -0.3 is 9.64 Å². The molecular weight excluding hydrogens is 214 g/mol. The van der Waals surface area contributed by atoms with Crippen LogP contribution in [0.1, 0.15) is 11.4 Å². The zero-order valence-corrected chi connectivity index (χ0v) is 9.71. The zero-order chi connectivity index (χ0) is 10.8. The molecule has 0 unspecified atom stereocenters. The molecule has 0 saturated carbocycles. The molecule has 0 N–H and O–H groups in total. The average Bonchev–Trinajstić information content (AvgIpc) is 2.25. The lowest BCUT2D eigenvalue weighted by Gasteiger charge is -2.28. The first-order chi connectivity index (χ1) is 7.18. The van der Waals surface area contributed by atoms with Crippen molar-refractivity contribution in [2.75, 3.05) is 31.2 Å². The van der Waals surface area contributed by atoms with Crippen molar-refractivity contribution in [1.29, 1.82) is 0 Å². The van der Waals surface area contributed by atoms with E-state index < -0.39 is 0 Å². The van der Waals surface area contributed by atoms with Gasteiger partial charge in [-0.2, -0.15) is 0 Å². The van der Waals surface area contributed by atoms with Crippen LogP contribution in [0.2, 0.25) is 5.15 Å². The van der Waals surface area contributed by atoms with Crippen LogP contribution in [0, 0.1) is 13.8 Å². The maximum atomic E-state index is 6.08. The molecule has 1 aromatic rings. The highest BCUT2D eigenvalue weighted by Gasteiger charge is 2.17. The van der Waals surface area contributed by atoms with Gasteiger partial charge in [-0.25, -0.2) is 9.97 Å². The van der Waals surface area contributed by atoms with E-state index in [0.29, 0.717) is 5.15 Å². The van der Waals surface area contributed by atoms with E-state index in [2.05, 4.69) is 14.9 Å². The van der Waals surface area contributed by atoms with Gasteiger partial charge in [-0.05, 0) is 13.8 Å². The van der Waals surface area contributed by atoms with E-state index in [4.69, 9.17) is 16.3 Å². The summed E-state index contributed by atoms with van der Waals surface area (Å²) in [6.45, 7) is 6.98. The van der Waals surface area contributed by atoms with Gasteiger partial charge in [0.05, 0.1) is 24.6 Å². The van der Waals surface area contributed by atoms with Crippen molar-refractivity contribution in [1.82, 2.24) is 9.97 Å². The van der Waals surface area contributed by atoms with Crippen molar-refractivity contribution in [2.45, 2.75) is 13.8 Å². The molecule has 0 bridgehead atoms. The molecule has 1 aliphatic heterocycles. The van der Waals surface area contributed by atoms with Gasteiger partial charge in [0.1, 0.15) is 0 Å². The van der Waals surface area contributed by atoms with Gasteiger partial charge >= 0.3 is 0 Å². The number of ether oxygens (including phenoxy) is 1. The monoisotopic (exact) mass is 227 g/mol. The van der Waals surface area contributed by atoms with E-state index in [9.17, 15) is 0 Å². The molecule has 1 aliphatic rings. The van der Waals surface area contributed by atoms with Gasteiger partial charge in [0.25, 0.3) is 0 Å². The van der Waals surface area contributed by atoms with Crippen molar-refractivity contribution in [3.8, 4) is 0 Å². The highest BCUT2D eigenvalue weighted by molar-refractivity contribution is 6.31. The van der Waals surface area contributed by atoms with Gasteiger partial charge in [-0.15, -0.1) is 0 Å². The first-order valence-corrected chi connectivity index (χ1v) is 5.39. The van der Waals surface area contributed by atoms with Crippen LogP contribution >= 0.6 is 11.6 Å². The SMILES string of the molecule is Cc1nc(Cl)c(N2CCOCC2)nc1C. The van der Waals surface area contributed by atoms with E-state index >= 15 is 0 Å². The number of hydrogen-bond donors (Lipinski definition) is 0. The molecule has 5 heteroatoms. The highest BCUT2D eigenvalue weighted by atomic mass is 35.5. The Labute approximate surface area is 94.2 Å². The third kappa shape index (κ3) is 2.21. The molecule has 2 heterocycles. The number of aryl methyl sites for hydroxylation is 2. The van der Waals surface area contributed by atoms with Crippen LogP contribution in [-0.2, 0) is 4.74 Å². The second-order valence-corrected chi connectivity index (χ2v) is 3.97. The predicted molar refractivity (Wildman–Crippen MR) is 59.5 cm³/mol. The summed E-state index contributed by atoms with van der Waals surface area (Å²) in [4.78, 5) is 10.9. The number of hydrogen-bond acceptors (Lipinski definition) is 4. The molecule has 4 nitrogen and oxygen atoms in total. The number of halogens is 1. The quantitative estimate of drug-likeness (QED) is 0.730. The fourth-order valence-electron chi connectivity index (χ4n) is 1.54. The molecule has 0 amide bonds. The van der Waals surface area contributed by atoms with Crippen LogP contribution in [0.4, 0.5) is 5.82 Å². The summed E-state index contributed by atoms with van der Waals surface area (Å²) in [5, 5.41) is 0.486. The second kappa shape index (κ2) is 4.33. The molecule has 2 rings (SSSR count). The van der Waals surface area contributed by atoms with E-state index in [1.165, 1.54) is 0 Å². The molecule has 0 spiro atoms. The van der Waals surface area contributed by atoms with E-state index in [0.717, 1.165) is 43.5 Å². The van der Waals surface area contributed by atoms with Crippen LogP contribution in [0.3, 0.4) is 0 Å². The maximum absolute atomic E-state index is 6.08. The summed E-state index contributed by atoms with van der Waals surface area (Å²) in [5.74, 6) is 0.781. The van der Waals surface area contributed by atoms with Gasteiger partial charge in [0, 0.05) is 13.1 Å². The van der Waals surface area contributed by atoms with Crippen molar-refractivity contribution in [3.63, 3.8) is 0 Å². The van der Waals surface area contributed by atoms with Gasteiger partial charge in [-0.3, -0.25) is 0 Å². The molecule has 1 aromatic heterocycles. The third-order valence-corrected chi connectivity index (χ3v) is 2.81.